The number of aliphatic hydroxyl groups is 3. The van der Waals surface area contributed by atoms with Gasteiger partial charge in [-0.1, -0.05) is 239 Å². The Labute approximate surface area is 608 Å². The minimum atomic E-state index is -5.66. The molecule has 0 aromatic rings. The summed E-state index contributed by atoms with van der Waals surface area (Å²) in [4.78, 5) is 138. The summed E-state index contributed by atoms with van der Waals surface area (Å²) in [6, 6.07) is -3.91. The number of esters is 3. The molecule has 102 heavy (non-hydrogen) atoms. The van der Waals surface area contributed by atoms with E-state index >= 15 is 0 Å². The van der Waals surface area contributed by atoms with Crippen molar-refractivity contribution in [3.63, 3.8) is 0 Å². The van der Waals surface area contributed by atoms with Gasteiger partial charge in [-0.3, -0.25) is 42.6 Å². The first-order chi connectivity index (χ1) is 48.9. The number of phosphoric ester groups is 2. The van der Waals surface area contributed by atoms with Gasteiger partial charge in [-0.25, -0.2) is 9.13 Å². The van der Waals surface area contributed by atoms with Crippen molar-refractivity contribution in [2.24, 2.45) is 0 Å². The van der Waals surface area contributed by atoms with Gasteiger partial charge in [0.2, 0.25) is 11.8 Å². The van der Waals surface area contributed by atoms with Crippen LogP contribution in [0.15, 0.2) is 12.2 Å². The summed E-state index contributed by atoms with van der Waals surface area (Å²) >= 11 is 0. The number of carbonyl (C=O) groups excluding carboxylic acids is 7. The maximum Gasteiger partial charge on any atom is 0.472 e. The maximum atomic E-state index is 14.5. The van der Waals surface area contributed by atoms with Crippen molar-refractivity contribution in [3.05, 3.63) is 12.2 Å². The molecule has 26 nitrogen and oxygen atoms in total. The maximum absolute atomic E-state index is 14.5. The fourth-order valence-electron chi connectivity index (χ4n) is 12.7. The lowest BCUT2D eigenvalue weighted by Gasteiger charge is -2.47. The number of hydrogen-bond donors (Lipinski definition) is 9. The molecule has 28 heteroatoms. The van der Waals surface area contributed by atoms with Gasteiger partial charge in [0.15, 0.2) is 24.8 Å². The van der Waals surface area contributed by atoms with Crippen molar-refractivity contribution in [2.45, 2.75) is 403 Å². The van der Waals surface area contributed by atoms with Gasteiger partial charge in [0.05, 0.1) is 45.0 Å². The van der Waals surface area contributed by atoms with E-state index in [1.807, 2.05) is 13.0 Å². The standard InChI is InChI=1S/C74H134N2O24P2/c1-6-11-16-21-25-28-32-37-40-45-56(78)50-62(81)75-67-71(97-65(84)52-58(80)47-42-36-31-24-19-14-9-4)69(86)61(96-74(67)100-102(90,91)92)55-93-73-68(76-63(82)51-57(79)46-41-38-33-29-26-22-17-12-7-2)72(70(60(54-77)95-73)99-101(87,88)89)98-66(85)53-59(48-43-35-20-15-10-5)94-64(83)49-44-39-34-30-27-23-18-13-8-3/h30,34,58-61,67-74,77,80,86H,6-29,31-33,35-55H2,1-5H3,(H,75,81)(H,76,82)(H2,87,88,89)(H2,90,91,92)/b34-30-/t58-,59-,60-,61-,67-,68-,69-,70-,71-,72-,73-,74-/m1/s1. The Morgan fingerprint density at radius 3 is 1.32 bits per heavy atom. The summed E-state index contributed by atoms with van der Waals surface area (Å²) in [6.07, 6.45) is 17.1. The highest BCUT2D eigenvalue weighted by Crippen LogP contribution is 2.44. The molecule has 2 fully saturated rings. The molecule has 2 aliphatic heterocycles. The van der Waals surface area contributed by atoms with E-state index in [2.05, 4.69) is 44.4 Å². The zero-order valence-electron chi connectivity index (χ0n) is 62.5. The second-order valence-electron chi connectivity index (χ2n) is 27.9. The zero-order chi connectivity index (χ0) is 75.4. The topological polar surface area (TPSA) is 393 Å². The lowest BCUT2D eigenvalue weighted by molar-refractivity contribution is -0.296. The number of aliphatic hydroxyl groups excluding tert-OH is 3. The third-order valence-corrected chi connectivity index (χ3v) is 19.5. The predicted molar refractivity (Wildman–Crippen MR) is 386 cm³/mol. The Bertz CT molecular complexity index is 2410. The van der Waals surface area contributed by atoms with E-state index in [1.165, 1.54) is 6.42 Å². The van der Waals surface area contributed by atoms with Gasteiger partial charge >= 0.3 is 33.6 Å². The average Bonchev–Trinajstić information content (AvgIpc) is 0.785. The van der Waals surface area contributed by atoms with E-state index in [4.69, 9.17) is 37.5 Å². The molecule has 594 valence electrons. The Balaban J connectivity index is 2.68. The molecule has 0 spiro atoms. The summed E-state index contributed by atoms with van der Waals surface area (Å²) in [5, 5.41) is 39.2. The van der Waals surface area contributed by atoms with E-state index in [-0.39, 0.29) is 32.1 Å². The highest BCUT2D eigenvalue weighted by atomic mass is 31.2. The molecule has 2 aliphatic rings. The van der Waals surface area contributed by atoms with Gasteiger partial charge in [0.1, 0.15) is 54.2 Å². The summed E-state index contributed by atoms with van der Waals surface area (Å²) < 4.78 is 71.8. The third-order valence-electron chi connectivity index (χ3n) is 18.5. The number of rotatable bonds is 64. The quantitative estimate of drug-likeness (QED) is 0.00682. The first-order valence-electron chi connectivity index (χ1n) is 39.1. The van der Waals surface area contributed by atoms with Crippen molar-refractivity contribution in [1.29, 1.82) is 0 Å². The fraction of sp³-hybridized carbons (Fsp3) is 0.878. The summed E-state index contributed by atoms with van der Waals surface area (Å²) in [7, 11) is -11.3. The summed E-state index contributed by atoms with van der Waals surface area (Å²) in [5.41, 5.74) is 0. The normalized spacial score (nSPS) is 21.5. The molecule has 2 amide bonds. The Morgan fingerprint density at radius 1 is 0.451 bits per heavy atom. The van der Waals surface area contributed by atoms with Crippen LogP contribution < -0.4 is 10.6 Å². The third kappa shape index (κ3) is 45.8. The molecule has 0 aromatic heterocycles. The van der Waals surface area contributed by atoms with Gasteiger partial charge in [-0.2, -0.15) is 0 Å². The predicted octanol–water partition coefficient (Wildman–Crippen LogP) is 13.2. The molecular weight excluding hydrogens is 1360 g/mol. The van der Waals surface area contributed by atoms with Crippen LogP contribution in [0.4, 0.5) is 0 Å². The van der Waals surface area contributed by atoms with Crippen LogP contribution in [0.25, 0.3) is 0 Å². The molecule has 0 aliphatic carbocycles. The summed E-state index contributed by atoms with van der Waals surface area (Å²) in [5.74, 6) is -5.86. The highest BCUT2D eigenvalue weighted by molar-refractivity contribution is 7.46. The minimum Gasteiger partial charge on any atom is -0.462 e. The van der Waals surface area contributed by atoms with Crippen molar-refractivity contribution >= 4 is 56.9 Å². The lowest BCUT2D eigenvalue weighted by Crippen LogP contribution is -2.68. The molecular formula is C74H134N2O24P2. The second kappa shape index (κ2) is 57.6. The van der Waals surface area contributed by atoms with Crippen LogP contribution in [0.5, 0.6) is 0 Å². The van der Waals surface area contributed by atoms with Crippen LogP contribution in [0, 0.1) is 0 Å². The largest absolute Gasteiger partial charge is 0.472 e. The SMILES string of the molecule is CCCCCC/C=C\CCCC(=O)O[C@H](CCCCCCC)CC(=O)O[C@@H]1[C@@H](NC(=O)CC(=O)CCCCCCCCCCC)[C@H](OC[C@H]2O[C@H](OP(=O)(O)O)[C@H](NC(=O)CC(=O)CCCCCCCCCCC)[C@@H](OC(=O)C[C@H](O)CCCCCCCCC)[C@@H]2O)O[C@H](CO)[C@H]1OP(=O)(O)O. The van der Waals surface area contributed by atoms with Crippen LogP contribution in [0.1, 0.15) is 330 Å². The number of Topliss-reactive ketones (excluding diaryl/α,β-unsaturated/α-hetero) is 2. The molecule has 0 radical (unpaired) electrons. The summed E-state index contributed by atoms with van der Waals surface area (Å²) in [6.45, 7) is 8.42. The fourth-order valence-corrected chi connectivity index (χ4v) is 13.8. The number of ketones is 2. The van der Waals surface area contributed by atoms with Crippen molar-refractivity contribution in [3.8, 4) is 0 Å². The number of unbranched alkanes of at least 4 members (excludes halogenated alkanes) is 31. The molecule has 0 saturated carbocycles. The molecule has 2 heterocycles. The van der Waals surface area contributed by atoms with Crippen molar-refractivity contribution in [2.75, 3.05) is 13.2 Å². The van der Waals surface area contributed by atoms with E-state index in [1.54, 1.807) is 0 Å². The van der Waals surface area contributed by atoms with Gasteiger partial charge in [0.25, 0.3) is 0 Å². The van der Waals surface area contributed by atoms with Crippen LogP contribution >= 0.6 is 15.6 Å². The molecule has 12 atom stereocenters. The molecule has 2 rings (SSSR count). The van der Waals surface area contributed by atoms with Gasteiger partial charge < -0.3 is 73.9 Å². The number of phosphoric acid groups is 2. The first-order valence-corrected chi connectivity index (χ1v) is 42.2. The van der Waals surface area contributed by atoms with Crippen LogP contribution in [-0.2, 0) is 80.2 Å². The smallest absolute Gasteiger partial charge is 0.462 e. The van der Waals surface area contributed by atoms with E-state index < -0.39 is 169 Å². The second-order valence-corrected chi connectivity index (χ2v) is 30.3. The van der Waals surface area contributed by atoms with E-state index in [0.717, 1.165) is 186 Å². The zero-order valence-corrected chi connectivity index (χ0v) is 64.3. The van der Waals surface area contributed by atoms with E-state index in [0.29, 0.717) is 44.9 Å². The monoisotopic (exact) mass is 1500 g/mol. The average molecular weight is 1500 g/mol. The van der Waals surface area contributed by atoms with E-state index in [9.17, 15) is 77.6 Å². The molecule has 9 N–H and O–H groups in total. The van der Waals surface area contributed by atoms with Crippen molar-refractivity contribution in [1.82, 2.24) is 10.6 Å². The van der Waals surface area contributed by atoms with Crippen LogP contribution in [0.2, 0.25) is 0 Å². The lowest BCUT2D eigenvalue weighted by atomic mass is 9.95. The number of ether oxygens (including phenoxy) is 6. The van der Waals surface area contributed by atoms with Gasteiger partial charge in [0, 0.05) is 19.3 Å². The molecule has 0 bridgehead atoms. The van der Waals surface area contributed by atoms with Crippen LogP contribution in [-0.4, -0.2) is 163 Å². The number of carbonyl (C=O) groups is 7. The first kappa shape index (κ1) is 94.5. The highest BCUT2D eigenvalue weighted by Gasteiger charge is 2.55. The Hall–Kier alpha value is -3.59. The Kier molecular flexibility index (Phi) is 53.3. The van der Waals surface area contributed by atoms with Crippen LogP contribution in [0.3, 0.4) is 0 Å². The number of hydrogen-bond acceptors (Lipinski definition) is 20. The number of amides is 2. The molecule has 0 aromatic carbocycles. The minimum absolute atomic E-state index is 0.00341. The van der Waals surface area contributed by atoms with Gasteiger partial charge in [-0.05, 0) is 57.8 Å². The van der Waals surface area contributed by atoms with Crippen molar-refractivity contribution < 1.29 is 115 Å². The number of nitrogens with one attached hydrogen (secondary N) is 2. The number of allylic oxidation sites excluding steroid dienone is 2. The molecule has 0 unspecified atom stereocenters. The molecule has 2 saturated heterocycles. The Morgan fingerprint density at radius 2 is 0.853 bits per heavy atom. The van der Waals surface area contributed by atoms with Gasteiger partial charge in [-0.15, -0.1) is 0 Å².